The van der Waals surface area contributed by atoms with Crippen LogP contribution in [0.3, 0.4) is 0 Å². The lowest BCUT2D eigenvalue weighted by Crippen LogP contribution is -2.11. The minimum Gasteiger partial charge on any atom is -0.472 e. The van der Waals surface area contributed by atoms with Crippen molar-refractivity contribution in [3.05, 3.63) is 17.3 Å². The summed E-state index contributed by atoms with van der Waals surface area (Å²) >= 11 is 5.51. The standard InChI is InChI=1S/C7H5BClF2NO/c8-4-1-5(9)12-7(2-4)13-3-6(10)11/h1-2,6H,3H2. The van der Waals surface area contributed by atoms with Crippen LogP contribution in [-0.4, -0.2) is 25.9 Å². The van der Waals surface area contributed by atoms with Crippen LogP contribution in [0.5, 0.6) is 5.88 Å². The van der Waals surface area contributed by atoms with Gasteiger partial charge in [-0.15, -0.1) is 0 Å². The van der Waals surface area contributed by atoms with E-state index in [-0.39, 0.29) is 11.0 Å². The normalized spacial score (nSPS) is 10.5. The van der Waals surface area contributed by atoms with Gasteiger partial charge in [0.25, 0.3) is 6.43 Å². The fraction of sp³-hybridized carbons (Fsp3) is 0.286. The number of nitrogens with zero attached hydrogens (tertiary/aromatic N) is 1. The molecule has 0 amide bonds. The summed E-state index contributed by atoms with van der Waals surface area (Å²) < 4.78 is 28.0. The van der Waals surface area contributed by atoms with Crippen LogP contribution < -0.4 is 10.2 Å². The summed E-state index contributed by atoms with van der Waals surface area (Å²) in [5.41, 5.74) is 0.323. The number of alkyl halides is 2. The van der Waals surface area contributed by atoms with Crippen LogP contribution in [0.4, 0.5) is 8.78 Å². The lowest BCUT2D eigenvalue weighted by Gasteiger charge is -2.05. The van der Waals surface area contributed by atoms with Crippen molar-refractivity contribution in [3.8, 4) is 5.88 Å². The second kappa shape index (κ2) is 4.41. The molecule has 0 bridgehead atoms. The van der Waals surface area contributed by atoms with Gasteiger partial charge in [0.05, 0.1) is 0 Å². The molecule has 0 atom stereocenters. The number of rotatable bonds is 3. The summed E-state index contributed by atoms with van der Waals surface area (Å²) in [6.45, 7) is -0.715. The van der Waals surface area contributed by atoms with E-state index in [4.69, 9.17) is 19.4 Å². The first-order chi connectivity index (χ1) is 6.08. The van der Waals surface area contributed by atoms with Gasteiger partial charge >= 0.3 is 0 Å². The zero-order chi connectivity index (χ0) is 9.84. The van der Waals surface area contributed by atoms with Crippen LogP contribution in [0.25, 0.3) is 0 Å². The molecule has 0 N–H and O–H groups in total. The summed E-state index contributed by atoms with van der Waals surface area (Å²) in [5, 5.41) is 0.115. The Labute approximate surface area is 80.3 Å². The number of halogens is 3. The summed E-state index contributed by atoms with van der Waals surface area (Å²) in [6.07, 6.45) is -2.54. The zero-order valence-electron chi connectivity index (χ0n) is 6.51. The molecular formula is C7H5BClF2NO. The van der Waals surface area contributed by atoms with Crippen molar-refractivity contribution < 1.29 is 13.5 Å². The predicted octanol–water partition coefficient (Wildman–Crippen LogP) is 1.17. The molecule has 0 aromatic carbocycles. The molecule has 1 rings (SSSR count). The Balaban J connectivity index is 2.66. The minimum atomic E-state index is -2.54. The van der Waals surface area contributed by atoms with Crippen LogP contribution in [0.2, 0.25) is 5.15 Å². The van der Waals surface area contributed by atoms with Crippen LogP contribution in [0, 0.1) is 0 Å². The van der Waals surface area contributed by atoms with Crippen molar-refractivity contribution >= 4 is 24.9 Å². The highest BCUT2D eigenvalue weighted by molar-refractivity contribution is 6.35. The molecule has 1 aromatic rings. The van der Waals surface area contributed by atoms with Crippen molar-refractivity contribution in [1.82, 2.24) is 4.98 Å². The van der Waals surface area contributed by atoms with Crippen LogP contribution >= 0.6 is 11.6 Å². The van der Waals surface area contributed by atoms with Crippen molar-refractivity contribution in [2.24, 2.45) is 0 Å². The van der Waals surface area contributed by atoms with E-state index in [0.29, 0.717) is 5.46 Å². The van der Waals surface area contributed by atoms with Crippen molar-refractivity contribution in [2.75, 3.05) is 6.61 Å². The lowest BCUT2D eigenvalue weighted by atomic mass is 9.98. The first kappa shape index (κ1) is 10.2. The van der Waals surface area contributed by atoms with Gasteiger partial charge < -0.3 is 4.74 Å². The second-order valence-corrected chi connectivity index (χ2v) is 2.65. The fourth-order valence-corrected chi connectivity index (χ4v) is 0.923. The molecule has 6 heteroatoms. The molecule has 2 radical (unpaired) electrons. The van der Waals surface area contributed by atoms with E-state index >= 15 is 0 Å². The van der Waals surface area contributed by atoms with Crippen LogP contribution in [0.15, 0.2) is 12.1 Å². The Morgan fingerprint density at radius 1 is 1.54 bits per heavy atom. The number of pyridine rings is 1. The molecule has 0 unspecified atom stereocenters. The smallest absolute Gasteiger partial charge is 0.272 e. The molecule has 1 aromatic heterocycles. The third-order valence-corrected chi connectivity index (χ3v) is 1.34. The molecule has 0 saturated carbocycles. The molecule has 0 aliphatic rings. The van der Waals surface area contributed by atoms with E-state index in [9.17, 15) is 8.78 Å². The number of hydrogen-bond donors (Lipinski definition) is 0. The molecule has 68 valence electrons. The molecule has 0 aliphatic carbocycles. The van der Waals surface area contributed by atoms with Gasteiger partial charge in [-0.05, 0) is 12.1 Å². The molecule has 0 spiro atoms. The topological polar surface area (TPSA) is 22.1 Å². The zero-order valence-corrected chi connectivity index (χ0v) is 7.26. The first-order valence-electron chi connectivity index (χ1n) is 3.42. The SMILES string of the molecule is [B]c1cc(Cl)nc(OCC(F)F)c1. The number of aromatic nitrogens is 1. The van der Waals surface area contributed by atoms with E-state index in [1.807, 2.05) is 0 Å². The molecular weight excluding hydrogens is 198 g/mol. The van der Waals surface area contributed by atoms with Crippen molar-refractivity contribution in [3.63, 3.8) is 0 Å². The van der Waals surface area contributed by atoms with Gasteiger partial charge in [-0.25, -0.2) is 13.8 Å². The van der Waals surface area contributed by atoms with Gasteiger partial charge in [-0.2, -0.15) is 0 Å². The third kappa shape index (κ3) is 3.59. The molecule has 0 saturated heterocycles. The quantitative estimate of drug-likeness (QED) is 0.543. The summed E-state index contributed by atoms with van der Waals surface area (Å²) in [7, 11) is 5.37. The van der Waals surface area contributed by atoms with Crippen LogP contribution in [-0.2, 0) is 0 Å². The van der Waals surface area contributed by atoms with Gasteiger partial charge in [-0.3, -0.25) is 0 Å². The lowest BCUT2D eigenvalue weighted by molar-refractivity contribution is 0.0796. The van der Waals surface area contributed by atoms with Crippen LogP contribution in [0.1, 0.15) is 0 Å². The highest BCUT2D eigenvalue weighted by atomic mass is 35.5. The maximum atomic E-state index is 11.7. The van der Waals surface area contributed by atoms with Crippen molar-refractivity contribution in [2.45, 2.75) is 6.43 Å². The van der Waals surface area contributed by atoms with E-state index < -0.39 is 13.0 Å². The average molecular weight is 203 g/mol. The third-order valence-electron chi connectivity index (χ3n) is 1.15. The Kier molecular flexibility index (Phi) is 3.48. The monoisotopic (exact) mass is 203 g/mol. The van der Waals surface area contributed by atoms with Gasteiger partial charge in [0.15, 0.2) is 6.61 Å². The average Bonchev–Trinajstić information content (AvgIpc) is 1.99. The summed E-state index contributed by atoms with van der Waals surface area (Å²) in [4.78, 5) is 3.64. The maximum Gasteiger partial charge on any atom is 0.272 e. The Morgan fingerprint density at radius 3 is 2.77 bits per heavy atom. The predicted molar refractivity (Wildman–Crippen MR) is 46.1 cm³/mol. The molecule has 2 nitrogen and oxygen atoms in total. The molecule has 0 aliphatic heterocycles. The summed E-state index contributed by atoms with van der Waals surface area (Å²) in [5.74, 6) is 0.00491. The van der Waals surface area contributed by atoms with Crippen molar-refractivity contribution in [1.29, 1.82) is 0 Å². The largest absolute Gasteiger partial charge is 0.472 e. The maximum absolute atomic E-state index is 11.7. The van der Waals surface area contributed by atoms with E-state index in [0.717, 1.165) is 0 Å². The van der Waals surface area contributed by atoms with E-state index in [2.05, 4.69) is 9.72 Å². The summed E-state index contributed by atoms with van der Waals surface area (Å²) in [6, 6.07) is 2.73. The van der Waals surface area contributed by atoms with E-state index in [1.165, 1.54) is 12.1 Å². The Bertz CT molecular complexity index is 278. The molecule has 1 heterocycles. The first-order valence-corrected chi connectivity index (χ1v) is 3.80. The van der Waals surface area contributed by atoms with Gasteiger partial charge in [-0.1, -0.05) is 17.1 Å². The molecule has 13 heavy (non-hydrogen) atoms. The van der Waals surface area contributed by atoms with Gasteiger partial charge in [0, 0.05) is 0 Å². The van der Waals surface area contributed by atoms with Gasteiger partial charge in [0.2, 0.25) is 5.88 Å². The number of hydrogen-bond acceptors (Lipinski definition) is 2. The highest BCUT2D eigenvalue weighted by Crippen LogP contribution is 2.10. The highest BCUT2D eigenvalue weighted by Gasteiger charge is 2.05. The molecule has 0 fully saturated rings. The number of ether oxygens (including phenoxy) is 1. The van der Waals surface area contributed by atoms with Gasteiger partial charge in [0.1, 0.15) is 13.0 Å². The minimum absolute atomic E-state index is 0.00491. The Morgan fingerprint density at radius 2 is 2.23 bits per heavy atom. The van der Waals surface area contributed by atoms with E-state index in [1.54, 1.807) is 0 Å². The second-order valence-electron chi connectivity index (χ2n) is 2.26. The Hall–Kier alpha value is -0.835. The fourth-order valence-electron chi connectivity index (χ4n) is 0.714.